The minimum absolute atomic E-state index is 0.0177. The Balaban J connectivity index is 1.74. The third-order valence-electron chi connectivity index (χ3n) is 4.38. The number of para-hydroxylation sites is 1. The number of ketones is 1. The number of fused-ring (bicyclic) bond motifs is 1. The third kappa shape index (κ3) is 2.99. The van der Waals surface area contributed by atoms with Crippen molar-refractivity contribution in [1.82, 2.24) is 0 Å². The fourth-order valence-corrected chi connectivity index (χ4v) is 3.05. The van der Waals surface area contributed by atoms with Crippen molar-refractivity contribution < 1.29 is 23.1 Å². The van der Waals surface area contributed by atoms with Crippen LogP contribution in [0.5, 0.6) is 0 Å². The second-order valence-corrected chi connectivity index (χ2v) is 6.13. The molecule has 0 aliphatic carbocycles. The number of anilines is 1. The van der Waals surface area contributed by atoms with E-state index < -0.39 is 17.7 Å². The van der Waals surface area contributed by atoms with Crippen molar-refractivity contribution >= 4 is 28.3 Å². The maximum absolute atomic E-state index is 13.1. The molecule has 4 rings (SSSR count). The Morgan fingerprint density at radius 2 is 1.85 bits per heavy atom. The predicted octanol–water partition coefficient (Wildman–Crippen LogP) is 3.92. The Labute approximate surface area is 148 Å². The van der Waals surface area contributed by atoms with Gasteiger partial charge in [-0.1, -0.05) is 12.1 Å². The molecule has 132 valence electrons. The summed E-state index contributed by atoms with van der Waals surface area (Å²) in [6.45, 7) is 0.547. The van der Waals surface area contributed by atoms with Crippen LogP contribution in [0.2, 0.25) is 0 Å². The zero-order chi connectivity index (χ0) is 18.1. The minimum atomic E-state index is -0.530. The van der Waals surface area contributed by atoms with Crippen LogP contribution in [0.25, 0.3) is 11.0 Å². The molecule has 1 fully saturated rings. The van der Waals surface area contributed by atoms with Gasteiger partial charge in [0.25, 0.3) is 5.91 Å². The maximum atomic E-state index is 13.1. The smallest absolute Gasteiger partial charge is 0.253 e. The number of halogens is 1. The van der Waals surface area contributed by atoms with E-state index in [0.29, 0.717) is 29.7 Å². The molecule has 1 aliphatic heterocycles. The highest BCUT2D eigenvalue weighted by Crippen LogP contribution is 2.33. The number of carbonyl (C=O) groups excluding carboxylic acids is 2. The summed E-state index contributed by atoms with van der Waals surface area (Å²) in [6, 6.07) is 12.3. The number of ether oxygens (including phenoxy) is 1. The summed E-state index contributed by atoms with van der Waals surface area (Å²) in [5.74, 6) is -1.15. The van der Waals surface area contributed by atoms with E-state index in [9.17, 15) is 14.0 Å². The Bertz CT molecular complexity index is 971. The Morgan fingerprint density at radius 1 is 1.08 bits per heavy atom. The van der Waals surface area contributed by atoms with Gasteiger partial charge in [0.15, 0.2) is 5.76 Å². The first-order valence-corrected chi connectivity index (χ1v) is 8.38. The van der Waals surface area contributed by atoms with Crippen LogP contribution in [-0.2, 0) is 9.53 Å². The van der Waals surface area contributed by atoms with Crippen LogP contribution >= 0.6 is 0 Å². The number of hydrogen-bond acceptors (Lipinski definition) is 4. The van der Waals surface area contributed by atoms with Crippen LogP contribution in [0, 0.1) is 5.82 Å². The van der Waals surface area contributed by atoms with E-state index in [1.807, 2.05) is 0 Å². The SMILES string of the molecule is O=C(c1ccc(F)cc1)c1oc2ccccc2c1NC(=O)[C@@H]1CCCO1. The van der Waals surface area contributed by atoms with Gasteiger partial charge in [0, 0.05) is 17.6 Å². The van der Waals surface area contributed by atoms with Crippen molar-refractivity contribution in [3.8, 4) is 0 Å². The zero-order valence-electron chi connectivity index (χ0n) is 13.8. The van der Waals surface area contributed by atoms with Gasteiger partial charge in [0.1, 0.15) is 17.5 Å². The molecule has 3 aromatic rings. The van der Waals surface area contributed by atoms with E-state index in [-0.39, 0.29) is 17.2 Å². The molecule has 0 spiro atoms. The lowest BCUT2D eigenvalue weighted by molar-refractivity contribution is -0.124. The van der Waals surface area contributed by atoms with E-state index in [1.54, 1.807) is 24.3 Å². The zero-order valence-corrected chi connectivity index (χ0v) is 13.8. The molecular formula is C20H16FNO4. The molecule has 0 saturated carbocycles. The molecule has 5 nitrogen and oxygen atoms in total. The van der Waals surface area contributed by atoms with Gasteiger partial charge in [-0.15, -0.1) is 0 Å². The average molecular weight is 353 g/mol. The van der Waals surface area contributed by atoms with Gasteiger partial charge >= 0.3 is 0 Å². The maximum Gasteiger partial charge on any atom is 0.253 e. The van der Waals surface area contributed by atoms with Crippen molar-refractivity contribution in [2.24, 2.45) is 0 Å². The summed E-state index contributed by atoms with van der Waals surface area (Å²) in [7, 11) is 0. The van der Waals surface area contributed by atoms with Gasteiger partial charge in [-0.2, -0.15) is 0 Å². The van der Waals surface area contributed by atoms with Gasteiger partial charge < -0.3 is 14.5 Å². The Hall–Kier alpha value is -2.99. The molecule has 6 heteroatoms. The van der Waals surface area contributed by atoms with E-state index in [2.05, 4.69) is 5.32 Å². The van der Waals surface area contributed by atoms with E-state index in [0.717, 1.165) is 6.42 Å². The lowest BCUT2D eigenvalue weighted by Crippen LogP contribution is -2.27. The Morgan fingerprint density at radius 3 is 2.58 bits per heavy atom. The summed E-state index contributed by atoms with van der Waals surface area (Å²) >= 11 is 0. The van der Waals surface area contributed by atoms with Gasteiger partial charge in [0.2, 0.25) is 5.78 Å². The summed E-state index contributed by atoms with van der Waals surface area (Å²) in [5.41, 5.74) is 1.08. The molecule has 0 unspecified atom stereocenters. The van der Waals surface area contributed by atoms with Crippen molar-refractivity contribution in [3.05, 3.63) is 65.7 Å². The molecule has 2 aromatic carbocycles. The van der Waals surface area contributed by atoms with Crippen molar-refractivity contribution in [2.45, 2.75) is 18.9 Å². The molecule has 1 amide bonds. The largest absolute Gasteiger partial charge is 0.450 e. The van der Waals surface area contributed by atoms with Gasteiger partial charge in [-0.05, 0) is 49.2 Å². The first-order chi connectivity index (χ1) is 12.6. The number of benzene rings is 2. The summed E-state index contributed by atoms with van der Waals surface area (Å²) in [4.78, 5) is 25.3. The van der Waals surface area contributed by atoms with Crippen LogP contribution in [0.4, 0.5) is 10.1 Å². The van der Waals surface area contributed by atoms with Crippen LogP contribution in [-0.4, -0.2) is 24.4 Å². The second-order valence-electron chi connectivity index (χ2n) is 6.13. The number of nitrogens with one attached hydrogen (secondary N) is 1. The summed E-state index contributed by atoms with van der Waals surface area (Å²) < 4.78 is 24.3. The van der Waals surface area contributed by atoms with Crippen molar-refractivity contribution in [1.29, 1.82) is 0 Å². The highest BCUT2D eigenvalue weighted by atomic mass is 19.1. The average Bonchev–Trinajstić information content (AvgIpc) is 3.30. The van der Waals surface area contributed by atoms with Crippen LogP contribution in [0.3, 0.4) is 0 Å². The molecule has 26 heavy (non-hydrogen) atoms. The molecule has 1 aromatic heterocycles. The lowest BCUT2D eigenvalue weighted by Gasteiger charge is -2.10. The number of carbonyl (C=O) groups is 2. The normalized spacial score (nSPS) is 16.7. The quantitative estimate of drug-likeness (QED) is 0.722. The highest BCUT2D eigenvalue weighted by molar-refractivity contribution is 6.17. The van der Waals surface area contributed by atoms with Crippen molar-refractivity contribution in [3.63, 3.8) is 0 Å². The number of hydrogen-bond donors (Lipinski definition) is 1. The fourth-order valence-electron chi connectivity index (χ4n) is 3.05. The van der Waals surface area contributed by atoms with Crippen LogP contribution in [0.1, 0.15) is 29.0 Å². The number of furan rings is 1. The number of amides is 1. The van der Waals surface area contributed by atoms with E-state index in [1.165, 1.54) is 24.3 Å². The topological polar surface area (TPSA) is 68.5 Å². The lowest BCUT2D eigenvalue weighted by atomic mass is 10.1. The van der Waals surface area contributed by atoms with Crippen LogP contribution < -0.4 is 5.32 Å². The standard InChI is InChI=1S/C20H16FNO4/c21-13-9-7-12(8-10-13)18(23)19-17(14-4-1-2-5-15(14)26-19)22-20(24)16-6-3-11-25-16/h1-2,4-5,7-10,16H,3,6,11H2,(H,22,24)/t16-/m0/s1. The van der Waals surface area contributed by atoms with E-state index >= 15 is 0 Å². The van der Waals surface area contributed by atoms with Crippen molar-refractivity contribution in [2.75, 3.05) is 11.9 Å². The van der Waals surface area contributed by atoms with Crippen LogP contribution in [0.15, 0.2) is 52.9 Å². The fraction of sp³-hybridized carbons (Fsp3) is 0.200. The molecule has 1 aliphatic rings. The van der Waals surface area contributed by atoms with Gasteiger partial charge in [-0.3, -0.25) is 9.59 Å². The molecule has 0 radical (unpaired) electrons. The molecule has 1 saturated heterocycles. The van der Waals surface area contributed by atoms with Gasteiger partial charge in [-0.25, -0.2) is 4.39 Å². The predicted molar refractivity (Wildman–Crippen MR) is 93.7 cm³/mol. The second kappa shape index (κ2) is 6.72. The molecule has 1 N–H and O–H groups in total. The Kier molecular flexibility index (Phi) is 4.26. The monoisotopic (exact) mass is 353 g/mol. The summed E-state index contributed by atoms with van der Waals surface area (Å²) in [5, 5.41) is 3.41. The third-order valence-corrected chi connectivity index (χ3v) is 4.38. The van der Waals surface area contributed by atoms with Gasteiger partial charge in [0.05, 0.1) is 5.69 Å². The highest BCUT2D eigenvalue weighted by Gasteiger charge is 2.28. The number of rotatable bonds is 4. The minimum Gasteiger partial charge on any atom is -0.450 e. The molecule has 2 heterocycles. The molecular weight excluding hydrogens is 337 g/mol. The summed E-state index contributed by atoms with van der Waals surface area (Å²) in [6.07, 6.45) is 0.937. The molecule has 0 bridgehead atoms. The first kappa shape index (κ1) is 16.5. The van der Waals surface area contributed by atoms with E-state index in [4.69, 9.17) is 9.15 Å². The first-order valence-electron chi connectivity index (χ1n) is 8.38. The molecule has 1 atom stereocenters.